The van der Waals surface area contributed by atoms with E-state index in [1.54, 1.807) is 37.6 Å². The van der Waals surface area contributed by atoms with E-state index in [4.69, 9.17) is 4.74 Å². The number of hydrogen-bond donors (Lipinski definition) is 2. The van der Waals surface area contributed by atoms with Gasteiger partial charge in [-0.25, -0.2) is 9.37 Å². The maximum absolute atomic E-state index is 13.5. The van der Waals surface area contributed by atoms with Gasteiger partial charge in [0.25, 0.3) is 0 Å². The van der Waals surface area contributed by atoms with Crippen molar-refractivity contribution in [2.75, 3.05) is 30.9 Å². The minimum Gasteiger partial charge on any atom is -0.383 e. The number of nitrogens with one attached hydrogen (secondary N) is 2. The lowest BCUT2D eigenvalue weighted by Gasteiger charge is -2.08. The van der Waals surface area contributed by atoms with Crippen LogP contribution in [0.1, 0.15) is 5.56 Å². The Hall–Kier alpha value is -2.21. The number of halogens is 1. The first-order chi connectivity index (χ1) is 9.79. The number of ether oxygens (including phenoxy) is 1. The standard InChI is InChI=1S/C14H17FN4O/c1-20-9-8-16-13-6-7-17-14(19-13)18-10-11-4-2-3-5-12(11)15/h2-7H,8-10H2,1H3,(H2,16,17,18,19). The molecule has 0 aliphatic heterocycles. The molecule has 0 aliphatic rings. The predicted octanol–water partition coefficient (Wildman–Crippen LogP) is 2.29. The summed E-state index contributed by atoms with van der Waals surface area (Å²) in [5.41, 5.74) is 0.578. The van der Waals surface area contributed by atoms with Gasteiger partial charge >= 0.3 is 0 Å². The second-order valence-corrected chi connectivity index (χ2v) is 4.13. The molecule has 0 amide bonds. The van der Waals surface area contributed by atoms with Gasteiger partial charge in [-0.1, -0.05) is 18.2 Å². The minimum absolute atomic E-state index is 0.241. The number of rotatable bonds is 7. The van der Waals surface area contributed by atoms with Crippen molar-refractivity contribution in [2.24, 2.45) is 0 Å². The van der Waals surface area contributed by atoms with Gasteiger partial charge in [0.1, 0.15) is 11.6 Å². The van der Waals surface area contributed by atoms with Gasteiger partial charge in [-0.3, -0.25) is 0 Å². The highest BCUT2D eigenvalue weighted by Crippen LogP contribution is 2.10. The van der Waals surface area contributed by atoms with Crippen LogP contribution in [0.3, 0.4) is 0 Å². The largest absolute Gasteiger partial charge is 0.383 e. The van der Waals surface area contributed by atoms with Crippen LogP contribution in [0.5, 0.6) is 0 Å². The molecule has 0 radical (unpaired) electrons. The Balaban J connectivity index is 1.93. The lowest BCUT2D eigenvalue weighted by atomic mass is 10.2. The summed E-state index contributed by atoms with van der Waals surface area (Å²) in [5, 5.41) is 6.10. The maximum Gasteiger partial charge on any atom is 0.224 e. The van der Waals surface area contributed by atoms with Crippen molar-refractivity contribution in [3.05, 3.63) is 47.9 Å². The maximum atomic E-state index is 13.5. The summed E-state index contributed by atoms with van der Waals surface area (Å²) in [6, 6.07) is 8.38. The molecule has 2 N–H and O–H groups in total. The Morgan fingerprint density at radius 3 is 2.85 bits per heavy atom. The number of nitrogens with zero attached hydrogens (tertiary/aromatic N) is 2. The summed E-state index contributed by atoms with van der Waals surface area (Å²) in [6.45, 7) is 1.61. The average molecular weight is 276 g/mol. The third kappa shape index (κ3) is 4.17. The number of hydrogen-bond acceptors (Lipinski definition) is 5. The summed E-state index contributed by atoms with van der Waals surface area (Å²) in [5.74, 6) is 0.915. The average Bonchev–Trinajstić information content (AvgIpc) is 2.47. The van der Waals surface area contributed by atoms with Crippen molar-refractivity contribution < 1.29 is 9.13 Å². The number of aromatic nitrogens is 2. The Morgan fingerprint density at radius 2 is 2.05 bits per heavy atom. The fraction of sp³-hybridized carbons (Fsp3) is 0.286. The van der Waals surface area contributed by atoms with Crippen molar-refractivity contribution in [3.63, 3.8) is 0 Å². The second-order valence-electron chi connectivity index (χ2n) is 4.13. The van der Waals surface area contributed by atoms with Gasteiger partial charge in [0.05, 0.1) is 6.61 Å². The van der Waals surface area contributed by atoms with E-state index >= 15 is 0 Å². The van der Waals surface area contributed by atoms with Crippen molar-refractivity contribution in [3.8, 4) is 0 Å². The van der Waals surface area contributed by atoms with E-state index in [9.17, 15) is 4.39 Å². The van der Waals surface area contributed by atoms with Crippen LogP contribution in [-0.4, -0.2) is 30.2 Å². The molecular formula is C14H17FN4O. The van der Waals surface area contributed by atoms with Crippen LogP contribution in [0.2, 0.25) is 0 Å². The molecule has 0 unspecified atom stereocenters. The Bertz CT molecular complexity index is 550. The zero-order chi connectivity index (χ0) is 14.2. The van der Waals surface area contributed by atoms with E-state index in [0.29, 0.717) is 37.0 Å². The molecule has 0 spiro atoms. The predicted molar refractivity (Wildman–Crippen MR) is 76.1 cm³/mol. The van der Waals surface area contributed by atoms with Gasteiger partial charge in [0.15, 0.2) is 0 Å². The van der Waals surface area contributed by atoms with E-state index in [1.807, 2.05) is 0 Å². The van der Waals surface area contributed by atoms with Crippen LogP contribution >= 0.6 is 0 Å². The van der Waals surface area contributed by atoms with E-state index in [0.717, 1.165) is 0 Å². The zero-order valence-electron chi connectivity index (χ0n) is 11.3. The Morgan fingerprint density at radius 1 is 1.20 bits per heavy atom. The molecular weight excluding hydrogens is 259 g/mol. The normalized spacial score (nSPS) is 10.3. The second kappa shape index (κ2) is 7.40. The molecule has 1 aromatic carbocycles. The molecule has 0 fully saturated rings. The molecule has 0 saturated heterocycles. The SMILES string of the molecule is COCCNc1ccnc(NCc2ccccc2F)n1. The highest BCUT2D eigenvalue weighted by atomic mass is 19.1. The van der Waals surface area contributed by atoms with Crippen molar-refractivity contribution >= 4 is 11.8 Å². The lowest BCUT2D eigenvalue weighted by molar-refractivity contribution is 0.210. The van der Waals surface area contributed by atoms with Gasteiger partial charge < -0.3 is 15.4 Å². The van der Waals surface area contributed by atoms with Crippen LogP contribution < -0.4 is 10.6 Å². The highest BCUT2D eigenvalue weighted by Gasteiger charge is 2.02. The molecule has 1 heterocycles. The third-order valence-electron chi connectivity index (χ3n) is 2.66. The molecule has 20 heavy (non-hydrogen) atoms. The van der Waals surface area contributed by atoms with Crippen molar-refractivity contribution in [1.29, 1.82) is 0 Å². The fourth-order valence-electron chi connectivity index (χ4n) is 1.64. The highest BCUT2D eigenvalue weighted by molar-refractivity contribution is 5.39. The van der Waals surface area contributed by atoms with Crippen LogP contribution in [0.25, 0.3) is 0 Å². The van der Waals surface area contributed by atoms with Crippen LogP contribution in [0.15, 0.2) is 36.5 Å². The minimum atomic E-state index is -0.241. The molecule has 0 aliphatic carbocycles. The summed E-state index contributed by atoms with van der Waals surface area (Å²) in [4.78, 5) is 8.37. The van der Waals surface area contributed by atoms with E-state index < -0.39 is 0 Å². The summed E-state index contributed by atoms with van der Waals surface area (Å²) < 4.78 is 18.4. The first kappa shape index (κ1) is 14.2. The molecule has 0 saturated carbocycles. The monoisotopic (exact) mass is 276 g/mol. The number of anilines is 2. The van der Waals surface area contributed by atoms with Gasteiger partial charge in [0, 0.05) is 32.0 Å². The topological polar surface area (TPSA) is 59.1 Å². The van der Waals surface area contributed by atoms with E-state index in [2.05, 4.69) is 20.6 Å². The molecule has 2 aromatic rings. The molecule has 106 valence electrons. The molecule has 2 rings (SSSR count). The number of methoxy groups -OCH3 is 1. The smallest absolute Gasteiger partial charge is 0.224 e. The summed E-state index contributed by atoms with van der Waals surface area (Å²) in [6.07, 6.45) is 1.64. The molecule has 0 bridgehead atoms. The summed E-state index contributed by atoms with van der Waals surface area (Å²) in [7, 11) is 1.64. The van der Waals surface area contributed by atoms with Gasteiger partial charge in [-0.2, -0.15) is 4.98 Å². The zero-order valence-corrected chi connectivity index (χ0v) is 11.3. The van der Waals surface area contributed by atoms with Crippen molar-refractivity contribution in [1.82, 2.24) is 9.97 Å². The molecule has 1 aromatic heterocycles. The molecule has 5 nitrogen and oxygen atoms in total. The first-order valence-electron chi connectivity index (χ1n) is 6.32. The van der Waals surface area contributed by atoms with Gasteiger partial charge in [-0.05, 0) is 12.1 Å². The summed E-state index contributed by atoms with van der Waals surface area (Å²) >= 11 is 0. The van der Waals surface area contributed by atoms with Crippen LogP contribution in [0.4, 0.5) is 16.2 Å². The quantitative estimate of drug-likeness (QED) is 0.760. The fourth-order valence-corrected chi connectivity index (χ4v) is 1.64. The van der Waals surface area contributed by atoms with Gasteiger partial charge in [0.2, 0.25) is 5.95 Å². The molecule has 6 heteroatoms. The van der Waals surface area contributed by atoms with Gasteiger partial charge in [-0.15, -0.1) is 0 Å². The lowest BCUT2D eigenvalue weighted by Crippen LogP contribution is -2.11. The van der Waals surface area contributed by atoms with E-state index in [1.165, 1.54) is 6.07 Å². The first-order valence-corrected chi connectivity index (χ1v) is 6.32. The van der Waals surface area contributed by atoms with Crippen molar-refractivity contribution in [2.45, 2.75) is 6.54 Å². The Labute approximate surface area is 117 Å². The van der Waals surface area contributed by atoms with Crippen LogP contribution in [0, 0.1) is 5.82 Å². The van der Waals surface area contributed by atoms with Crippen LogP contribution in [-0.2, 0) is 11.3 Å². The molecule has 0 atom stereocenters. The number of benzene rings is 1. The Kier molecular flexibility index (Phi) is 5.25. The van der Waals surface area contributed by atoms with E-state index in [-0.39, 0.29) is 5.82 Å². The third-order valence-corrected chi connectivity index (χ3v) is 2.66.